The summed E-state index contributed by atoms with van der Waals surface area (Å²) in [5, 5.41) is 30.2. The lowest BCUT2D eigenvalue weighted by molar-refractivity contribution is -0.127. The van der Waals surface area contributed by atoms with Crippen molar-refractivity contribution in [2.24, 2.45) is 0 Å². The Kier molecular flexibility index (Phi) is 39.8. The number of carbonyl (C=O) groups is 8. The van der Waals surface area contributed by atoms with Crippen LogP contribution in [0.3, 0.4) is 0 Å². The van der Waals surface area contributed by atoms with Crippen LogP contribution in [0.25, 0.3) is 65.4 Å². The number of aryl methyl sites for hydroxylation is 2. The average molecular weight is 1960 g/mol. The Morgan fingerprint density at radius 2 is 0.639 bits per heavy atom. The van der Waals surface area contributed by atoms with E-state index in [9.17, 15) is 38.4 Å². The summed E-state index contributed by atoms with van der Waals surface area (Å²) in [7, 11) is 2.98. The van der Waals surface area contributed by atoms with E-state index in [0.717, 1.165) is 124 Å². The standard InChI is InChI=1S/C18H15NO2.C17H12BrNO2.C17H12INO2.C11H9NO2.C10H5BrClNO.C10H6BrNO2.C5H13N.C2Cl2O2.CH4O/c1-13-7-8-17-15(9-13)10-16(11-19-17)18(20)21-12-14-5-3-2-4-6-14;2*18-15-6-7-16-13(9-15)8-14(10-19-16)17(20)21-11-12-4-2-1-3-5-12;1-7-2-3-10-8(4-7)5-9(6-12-10)11(13)14;11-8-1-2-9-6(4-8)3-7(5-13-9)10(12)14;11-8-1-2-9-6(4-8)3-7(5-12-9)10(13)14;1-3-4-5-6-2;3-1(5)2(4)6;1-2/h2-11H,12H2,1H3;2*1-10H,11H2;2-6H,1H3,(H,13,14);1-5H;1-5H,(H,13,14);6H,3-5H2,1-2H3;;2H,1H3. The van der Waals surface area contributed by atoms with Crippen molar-refractivity contribution >= 4 is 216 Å². The first-order valence-electron chi connectivity index (χ1n) is 35.9. The topological polar surface area (TPSA) is 314 Å². The van der Waals surface area contributed by atoms with Crippen molar-refractivity contribution in [3.05, 3.63) is 352 Å². The first-order chi connectivity index (χ1) is 57.2. The van der Waals surface area contributed by atoms with Gasteiger partial charge in [-0.05, 0) is 241 Å². The highest BCUT2D eigenvalue weighted by Crippen LogP contribution is 2.25. The van der Waals surface area contributed by atoms with Crippen LogP contribution in [-0.4, -0.2) is 111 Å². The van der Waals surface area contributed by atoms with Gasteiger partial charge < -0.3 is 34.8 Å². The first-order valence-corrected chi connectivity index (χ1v) is 40.5. The number of hydrogen-bond donors (Lipinski definition) is 4. The minimum atomic E-state index is -1.14. The lowest BCUT2D eigenvalue weighted by Gasteiger charge is -2.06. The van der Waals surface area contributed by atoms with Crippen LogP contribution in [0.1, 0.15) is 110 Å². The Bertz CT molecular complexity index is 5450. The van der Waals surface area contributed by atoms with Gasteiger partial charge in [-0.3, -0.25) is 44.3 Å². The first kappa shape index (κ1) is 94.9. The van der Waals surface area contributed by atoms with Crippen LogP contribution in [0.5, 0.6) is 0 Å². The van der Waals surface area contributed by atoms with E-state index in [1.165, 1.54) is 31.4 Å². The number of fused-ring (bicyclic) bond motifs is 6. The van der Waals surface area contributed by atoms with E-state index in [0.29, 0.717) is 22.3 Å². The molecule has 0 spiro atoms. The second-order valence-electron chi connectivity index (χ2n) is 25.2. The number of rotatable bonds is 16. The van der Waals surface area contributed by atoms with Gasteiger partial charge in [-0.2, -0.15) is 0 Å². The predicted molar refractivity (Wildman–Crippen MR) is 485 cm³/mol. The molecule has 0 saturated carbocycles. The third-order valence-corrected chi connectivity index (χ3v) is 19.1. The molecule has 608 valence electrons. The maximum absolute atomic E-state index is 12.1. The summed E-state index contributed by atoms with van der Waals surface area (Å²) < 4.78 is 19.8. The van der Waals surface area contributed by atoms with Crippen molar-refractivity contribution in [1.82, 2.24) is 35.2 Å². The number of aromatic carboxylic acids is 2. The molecule has 0 atom stereocenters. The lowest BCUT2D eigenvalue weighted by atomic mass is 10.1. The lowest BCUT2D eigenvalue weighted by Crippen LogP contribution is -2.06. The molecule has 21 nitrogen and oxygen atoms in total. The summed E-state index contributed by atoms with van der Waals surface area (Å²) in [6.45, 7) is 8.13. The number of aliphatic hydroxyl groups is 1. The van der Waals surface area contributed by atoms with Gasteiger partial charge in [-0.15, -0.1) is 0 Å². The van der Waals surface area contributed by atoms with E-state index in [1.807, 2.05) is 233 Å². The van der Waals surface area contributed by atoms with Crippen LogP contribution in [0.4, 0.5) is 0 Å². The molecule has 0 saturated heterocycles. The number of esters is 3. The molecule has 0 aliphatic heterocycles. The minimum absolute atomic E-state index is 0.204. The highest BCUT2D eigenvalue weighted by molar-refractivity contribution is 14.1. The number of nitrogens with zero attached hydrogens (tertiary/aromatic N) is 6. The number of pyridine rings is 6. The zero-order chi connectivity index (χ0) is 86.3. The second-order valence-corrected chi connectivity index (χ2v) is 30.2. The van der Waals surface area contributed by atoms with E-state index in [1.54, 1.807) is 42.9 Å². The third kappa shape index (κ3) is 32.2. The number of unbranched alkanes of at least 4 members (excludes halogenated alkanes) is 1. The van der Waals surface area contributed by atoms with E-state index >= 15 is 0 Å². The highest BCUT2D eigenvalue weighted by atomic mass is 127. The Hall–Kier alpha value is -11.2. The summed E-state index contributed by atoms with van der Waals surface area (Å²) in [4.78, 5) is 112. The van der Waals surface area contributed by atoms with Crippen molar-refractivity contribution in [2.45, 2.75) is 53.4 Å². The summed E-state index contributed by atoms with van der Waals surface area (Å²) >= 11 is 26.7. The molecule has 15 rings (SSSR count). The molecule has 6 aromatic heterocycles. The maximum atomic E-state index is 12.1. The van der Waals surface area contributed by atoms with E-state index < -0.39 is 27.7 Å². The van der Waals surface area contributed by atoms with E-state index in [2.05, 4.69) is 136 Å². The molecule has 119 heavy (non-hydrogen) atoms. The molecule has 0 unspecified atom stereocenters. The number of halogens is 7. The third-order valence-electron chi connectivity index (χ3n) is 16.2. The molecular formula is C91H76Br3Cl3IN7O14. The van der Waals surface area contributed by atoms with Gasteiger partial charge in [-0.25, -0.2) is 24.0 Å². The van der Waals surface area contributed by atoms with Crippen molar-refractivity contribution in [3.8, 4) is 0 Å². The zero-order valence-electron chi connectivity index (χ0n) is 64.4. The number of hydrogen-bond acceptors (Lipinski definition) is 19. The predicted octanol–water partition coefficient (Wildman–Crippen LogP) is 21.9. The van der Waals surface area contributed by atoms with Gasteiger partial charge in [0.25, 0.3) is 5.24 Å². The average Bonchev–Trinajstić information content (AvgIpc) is 0.982. The van der Waals surface area contributed by atoms with Gasteiger partial charge in [0.15, 0.2) is 0 Å². The number of benzene rings is 9. The summed E-state index contributed by atoms with van der Waals surface area (Å²) in [6.07, 6.45) is 11.5. The summed E-state index contributed by atoms with van der Waals surface area (Å²) in [6, 6.07) is 73.9. The number of carboxylic acid groups (broad SMARTS) is 2. The molecule has 9 aromatic carbocycles. The van der Waals surface area contributed by atoms with E-state index in [4.69, 9.17) is 41.1 Å². The quantitative estimate of drug-likeness (QED) is 0.0174. The Morgan fingerprint density at radius 1 is 0.370 bits per heavy atom. The molecule has 6 heterocycles. The number of carboxylic acids is 2. The minimum Gasteiger partial charge on any atom is -0.478 e. The molecule has 4 N–H and O–H groups in total. The molecule has 0 aliphatic carbocycles. The molecular weight excluding hydrogens is 1890 g/mol. The van der Waals surface area contributed by atoms with Gasteiger partial charge in [0, 0.05) is 93.6 Å². The fourth-order valence-electron chi connectivity index (χ4n) is 10.4. The van der Waals surface area contributed by atoms with Crippen molar-refractivity contribution in [1.29, 1.82) is 0 Å². The number of aliphatic hydroxyl groups excluding tert-OH is 1. The number of aromatic nitrogens is 6. The second kappa shape index (κ2) is 49.9. The number of ether oxygens (including phenoxy) is 3. The summed E-state index contributed by atoms with van der Waals surface area (Å²) in [5.41, 5.74) is 12.4. The van der Waals surface area contributed by atoms with Crippen LogP contribution >= 0.6 is 105 Å². The molecule has 0 fully saturated rings. The van der Waals surface area contributed by atoms with Crippen LogP contribution in [0.15, 0.2) is 287 Å². The molecule has 28 heteroatoms. The summed E-state index contributed by atoms with van der Waals surface area (Å²) in [5.74, 6) is -2.98. The largest absolute Gasteiger partial charge is 0.478 e. The zero-order valence-corrected chi connectivity index (χ0v) is 73.6. The van der Waals surface area contributed by atoms with Gasteiger partial charge in [0.05, 0.1) is 66.5 Å². The fraction of sp³-hybridized carbons (Fsp3) is 0.121. The molecule has 15 aromatic rings. The van der Waals surface area contributed by atoms with Gasteiger partial charge in [-0.1, -0.05) is 175 Å². The maximum Gasteiger partial charge on any atom is 0.340 e. The Labute approximate surface area is 739 Å². The number of carbonyl (C=O) groups excluding carboxylic acids is 6. The van der Waals surface area contributed by atoms with Crippen molar-refractivity contribution in [2.75, 3.05) is 20.7 Å². The highest BCUT2D eigenvalue weighted by Gasteiger charge is 2.14. The van der Waals surface area contributed by atoms with Gasteiger partial charge in [0.2, 0.25) is 0 Å². The van der Waals surface area contributed by atoms with Gasteiger partial charge >= 0.3 is 40.3 Å². The SMILES string of the molecule is CCCCNC.CO.Cc1ccc2ncc(C(=O)O)cc2c1.Cc1ccc2ncc(C(=O)OCc3ccccc3)cc2c1.O=C(Cl)C(=O)Cl.O=C(Cl)c1cnc2ccc(Br)cc2c1.O=C(O)c1cnc2ccc(Br)cc2c1.O=C(OCc1ccccc1)c1cnc2ccc(Br)cc2c1.O=C(OCc1ccccc1)c1cnc2ccc(I)cc2c1. The van der Waals surface area contributed by atoms with Crippen molar-refractivity contribution in [3.63, 3.8) is 0 Å². The molecule has 0 radical (unpaired) electrons. The molecule has 0 amide bonds. The van der Waals surface area contributed by atoms with E-state index in [-0.39, 0.29) is 48.9 Å². The van der Waals surface area contributed by atoms with Crippen LogP contribution < -0.4 is 5.32 Å². The smallest absolute Gasteiger partial charge is 0.340 e. The number of nitrogens with one attached hydrogen (secondary N) is 1. The van der Waals surface area contributed by atoms with Crippen LogP contribution in [-0.2, 0) is 43.6 Å². The molecule has 0 bridgehead atoms. The normalized spacial score (nSPS) is 10.1. The molecule has 0 aliphatic rings. The monoisotopic (exact) mass is 1960 g/mol. The van der Waals surface area contributed by atoms with Gasteiger partial charge in [0.1, 0.15) is 19.8 Å². The van der Waals surface area contributed by atoms with Crippen molar-refractivity contribution < 1.29 is 67.9 Å². The fourth-order valence-corrected chi connectivity index (χ4v) is 12.1. The Morgan fingerprint density at radius 3 is 0.924 bits per heavy atom. The Balaban J connectivity index is 0.000000192. The van der Waals surface area contributed by atoms with Crippen LogP contribution in [0.2, 0.25) is 0 Å². The van der Waals surface area contributed by atoms with Crippen LogP contribution in [0, 0.1) is 17.4 Å².